The number of rotatable bonds is 1. The highest BCUT2D eigenvalue weighted by molar-refractivity contribution is 7.10. The number of methoxy groups -OCH3 is 1. The van der Waals surface area contributed by atoms with E-state index in [0.717, 1.165) is 6.42 Å². The first-order chi connectivity index (χ1) is 7.70. The number of nitrogens with zero attached hydrogens (tertiary/aromatic N) is 1. The lowest BCUT2D eigenvalue weighted by atomic mass is 9.94. The van der Waals surface area contributed by atoms with Crippen molar-refractivity contribution in [1.29, 1.82) is 0 Å². The molecule has 0 aliphatic carbocycles. The SMILES string of the molecule is COC(=O)N1CC(N)CC(c2cccs2)C1. The molecule has 2 unspecified atom stereocenters. The van der Waals surface area contributed by atoms with Gasteiger partial charge in [0, 0.05) is 29.9 Å². The van der Waals surface area contributed by atoms with Crippen molar-refractivity contribution in [3.05, 3.63) is 22.4 Å². The normalized spacial score (nSPS) is 25.5. The van der Waals surface area contributed by atoms with Crippen LogP contribution >= 0.6 is 11.3 Å². The Morgan fingerprint density at radius 3 is 3.06 bits per heavy atom. The summed E-state index contributed by atoms with van der Waals surface area (Å²) >= 11 is 1.72. The average Bonchev–Trinajstić information content (AvgIpc) is 2.80. The minimum atomic E-state index is -0.281. The standard InChI is InChI=1S/C11H16N2O2S/c1-15-11(14)13-6-8(5-9(12)7-13)10-3-2-4-16-10/h2-4,8-9H,5-7,12H2,1H3. The summed E-state index contributed by atoms with van der Waals surface area (Å²) in [5, 5.41) is 2.05. The lowest BCUT2D eigenvalue weighted by Crippen LogP contribution is -2.48. The summed E-state index contributed by atoms with van der Waals surface area (Å²) in [5.41, 5.74) is 5.97. The molecule has 0 spiro atoms. The van der Waals surface area contributed by atoms with Gasteiger partial charge in [0.05, 0.1) is 7.11 Å². The number of nitrogens with two attached hydrogens (primary N) is 1. The van der Waals surface area contributed by atoms with Gasteiger partial charge in [-0.3, -0.25) is 0 Å². The van der Waals surface area contributed by atoms with Crippen molar-refractivity contribution < 1.29 is 9.53 Å². The molecule has 1 aromatic rings. The maximum Gasteiger partial charge on any atom is 0.409 e. The van der Waals surface area contributed by atoms with E-state index in [-0.39, 0.29) is 12.1 Å². The van der Waals surface area contributed by atoms with E-state index in [9.17, 15) is 4.79 Å². The number of hydrogen-bond donors (Lipinski definition) is 1. The molecule has 16 heavy (non-hydrogen) atoms. The fraction of sp³-hybridized carbons (Fsp3) is 0.545. The van der Waals surface area contributed by atoms with Crippen molar-refractivity contribution in [3.8, 4) is 0 Å². The van der Waals surface area contributed by atoms with E-state index in [0.29, 0.717) is 19.0 Å². The Labute approximate surface area is 99.0 Å². The number of piperidine rings is 1. The van der Waals surface area contributed by atoms with Crippen LogP contribution < -0.4 is 5.73 Å². The van der Waals surface area contributed by atoms with Gasteiger partial charge in [0.1, 0.15) is 0 Å². The number of likely N-dealkylation sites (tertiary alicyclic amines) is 1. The largest absolute Gasteiger partial charge is 0.453 e. The average molecular weight is 240 g/mol. The molecule has 0 radical (unpaired) electrons. The Morgan fingerprint density at radius 2 is 2.44 bits per heavy atom. The van der Waals surface area contributed by atoms with Gasteiger partial charge < -0.3 is 15.4 Å². The number of carbonyl (C=O) groups excluding carboxylic acids is 1. The molecule has 1 aliphatic heterocycles. The number of ether oxygens (including phenoxy) is 1. The maximum atomic E-state index is 11.5. The third kappa shape index (κ3) is 2.36. The lowest BCUT2D eigenvalue weighted by Gasteiger charge is -2.34. The summed E-state index contributed by atoms with van der Waals surface area (Å²) in [6, 6.07) is 4.17. The second-order valence-electron chi connectivity index (χ2n) is 4.08. The molecular weight excluding hydrogens is 224 g/mol. The Hall–Kier alpha value is -1.07. The van der Waals surface area contributed by atoms with E-state index in [2.05, 4.69) is 11.4 Å². The van der Waals surface area contributed by atoms with Gasteiger partial charge in [-0.05, 0) is 17.9 Å². The van der Waals surface area contributed by atoms with Gasteiger partial charge in [-0.2, -0.15) is 0 Å². The second kappa shape index (κ2) is 4.84. The molecule has 2 rings (SSSR count). The number of carbonyl (C=O) groups is 1. The molecule has 2 atom stereocenters. The molecule has 1 fully saturated rings. The highest BCUT2D eigenvalue weighted by atomic mass is 32.1. The van der Waals surface area contributed by atoms with Crippen LogP contribution in [0.1, 0.15) is 17.2 Å². The van der Waals surface area contributed by atoms with Crippen molar-refractivity contribution in [2.24, 2.45) is 5.73 Å². The molecule has 1 aromatic heterocycles. The van der Waals surface area contributed by atoms with Crippen molar-refractivity contribution in [1.82, 2.24) is 4.90 Å². The number of thiophene rings is 1. The van der Waals surface area contributed by atoms with Crippen LogP contribution in [-0.4, -0.2) is 37.2 Å². The minimum Gasteiger partial charge on any atom is -0.453 e. The molecule has 0 aromatic carbocycles. The highest BCUT2D eigenvalue weighted by Crippen LogP contribution is 2.29. The topological polar surface area (TPSA) is 55.6 Å². The Morgan fingerprint density at radius 1 is 1.62 bits per heavy atom. The first-order valence-corrected chi connectivity index (χ1v) is 6.20. The van der Waals surface area contributed by atoms with Crippen LogP contribution in [0.5, 0.6) is 0 Å². The molecule has 0 saturated carbocycles. The van der Waals surface area contributed by atoms with Gasteiger partial charge in [0.15, 0.2) is 0 Å². The summed E-state index contributed by atoms with van der Waals surface area (Å²) < 4.78 is 4.74. The second-order valence-corrected chi connectivity index (χ2v) is 5.06. The third-order valence-electron chi connectivity index (χ3n) is 2.86. The van der Waals surface area contributed by atoms with Crippen LogP contribution in [0, 0.1) is 0 Å². The van der Waals surface area contributed by atoms with E-state index < -0.39 is 0 Å². The van der Waals surface area contributed by atoms with Gasteiger partial charge in [-0.25, -0.2) is 4.79 Å². The zero-order valence-corrected chi connectivity index (χ0v) is 10.1. The van der Waals surface area contributed by atoms with E-state index in [1.807, 2.05) is 6.07 Å². The molecular formula is C11H16N2O2S. The Balaban J connectivity index is 2.08. The van der Waals surface area contributed by atoms with Crippen molar-refractivity contribution >= 4 is 17.4 Å². The first-order valence-electron chi connectivity index (χ1n) is 5.32. The first kappa shape index (κ1) is 11.4. The fourth-order valence-corrected chi connectivity index (χ4v) is 2.98. The van der Waals surface area contributed by atoms with Gasteiger partial charge in [-0.15, -0.1) is 11.3 Å². The van der Waals surface area contributed by atoms with E-state index in [1.165, 1.54) is 12.0 Å². The molecule has 1 amide bonds. The summed E-state index contributed by atoms with van der Waals surface area (Å²) in [4.78, 5) is 14.5. The Kier molecular flexibility index (Phi) is 3.46. The molecule has 2 N–H and O–H groups in total. The molecule has 4 nitrogen and oxygen atoms in total. The van der Waals surface area contributed by atoms with Crippen LogP contribution in [0.25, 0.3) is 0 Å². The zero-order chi connectivity index (χ0) is 11.5. The summed E-state index contributed by atoms with van der Waals surface area (Å²) in [6.45, 7) is 1.30. The number of amides is 1. The van der Waals surface area contributed by atoms with Gasteiger partial charge in [0.2, 0.25) is 0 Å². The maximum absolute atomic E-state index is 11.5. The number of hydrogen-bond acceptors (Lipinski definition) is 4. The predicted molar refractivity (Wildman–Crippen MR) is 63.6 cm³/mol. The van der Waals surface area contributed by atoms with Crippen molar-refractivity contribution in [3.63, 3.8) is 0 Å². The van der Waals surface area contributed by atoms with Crippen LogP contribution in [-0.2, 0) is 4.74 Å². The Bertz CT molecular complexity index is 353. The van der Waals surface area contributed by atoms with Crippen LogP contribution in [0.2, 0.25) is 0 Å². The van der Waals surface area contributed by atoms with Gasteiger partial charge in [0.25, 0.3) is 0 Å². The molecule has 88 valence electrons. The lowest BCUT2D eigenvalue weighted by molar-refractivity contribution is 0.106. The summed E-state index contributed by atoms with van der Waals surface area (Å²) in [5.74, 6) is 0.350. The monoisotopic (exact) mass is 240 g/mol. The van der Waals surface area contributed by atoms with E-state index in [1.54, 1.807) is 16.2 Å². The van der Waals surface area contributed by atoms with Crippen molar-refractivity contribution in [2.75, 3.05) is 20.2 Å². The van der Waals surface area contributed by atoms with Crippen molar-refractivity contribution in [2.45, 2.75) is 18.4 Å². The molecule has 2 heterocycles. The summed E-state index contributed by atoms with van der Waals surface area (Å²) in [7, 11) is 1.41. The molecule has 1 saturated heterocycles. The molecule has 5 heteroatoms. The third-order valence-corrected chi connectivity index (χ3v) is 3.90. The van der Waals surface area contributed by atoms with Gasteiger partial charge in [-0.1, -0.05) is 6.07 Å². The van der Waals surface area contributed by atoms with E-state index >= 15 is 0 Å². The highest BCUT2D eigenvalue weighted by Gasteiger charge is 2.29. The smallest absolute Gasteiger partial charge is 0.409 e. The zero-order valence-electron chi connectivity index (χ0n) is 9.26. The van der Waals surface area contributed by atoms with Crippen LogP contribution in [0.15, 0.2) is 17.5 Å². The van der Waals surface area contributed by atoms with Crippen LogP contribution in [0.3, 0.4) is 0 Å². The quantitative estimate of drug-likeness (QED) is 0.811. The predicted octanol–water partition coefficient (Wildman–Crippen LogP) is 1.63. The minimum absolute atomic E-state index is 0.0416. The van der Waals surface area contributed by atoms with E-state index in [4.69, 9.17) is 10.5 Å². The van der Waals surface area contributed by atoms with Crippen LogP contribution in [0.4, 0.5) is 4.79 Å². The summed E-state index contributed by atoms with van der Waals surface area (Å²) in [6.07, 6.45) is 0.658. The van der Waals surface area contributed by atoms with Gasteiger partial charge >= 0.3 is 6.09 Å². The fourth-order valence-electron chi connectivity index (χ4n) is 2.15. The molecule has 1 aliphatic rings. The molecule has 0 bridgehead atoms.